The third-order valence-corrected chi connectivity index (χ3v) is 4.58. The summed E-state index contributed by atoms with van der Waals surface area (Å²) in [4.78, 5) is 2.51. The molecule has 2 nitrogen and oxygen atoms in total. The van der Waals surface area contributed by atoms with Gasteiger partial charge in [0, 0.05) is 18.6 Å². The van der Waals surface area contributed by atoms with E-state index < -0.39 is 0 Å². The van der Waals surface area contributed by atoms with Crippen molar-refractivity contribution in [1.29, 1.82) is 0 Å². The van der Waals surface area contributed by atoms with Crippen molar-refractivity contribution in [1.82, 2.24) is 0 Å². The predicted octanol–water partition coefficient (Wildman–Crippen LogP) is 4.63. The Balaban J connectivity index is 2.10. The summed E-state index contributed by atoms with van der Waals surface area (Å²) in [5.41, 5.74) is 8.49. The molecule has 0 bridgehead atoms. The first-order valence-corrected chi connectivity index (χ1v) is 8.69. The van der Waals surface area contributed by atoms with Gasteiger partial charge in [-0.15, -0.1) is 0 Å². The summed E-state index contributed by atoms with van der Waals surface area (Å²) in [6.07, 6.45) is 5.73. The highest BCUT2D eigenvalue weighted by molar-refractivity contribution is 6.33. The van der Waals surface area contributed by atoms with Crippen LogP contribution in [0.5, 0.6) is 0 Å². The maximum atomic E-state index is 6.56. The molecule has 0 radical (unpaired) electrons. The summed E-state index contributed by atoms with van der Waals surface area (Å²) in [6, 6.07) is 7.43. The molecule has 0 aromatic heterocycles. The number of hydrogen-bond donors (Lipinski definition) is 1. The van der Waals surface area contributed by atoms with Crippen LogP contribution < -0.4 is 10.6 Å². The molecule has 1 aromatic carbocycles. The van der Waals surface area contributed by atoms with Crippen LogP contribution in [-0.2, 0) is 6.42 Å². The molecule has 2 rings (SSSR count). The first-order chi connectivity index (χ1) is 10.0. The van der Waals surface area contributed by atoms with Crippen molar-refractivity contribution in [3.05, 3.63) is 28.8 Å². The van der Waals surface area contributed by atoms with Gasteiger partial charge >= 0.3 is 0 Å². The lowest BCUT2D eigenvalue weighted by atomic mass is 10.0. The lowest BCUT2D eigenvalue weighted by Gasteiger charge is -2.27. The monoisotopic (exact) mass is 308 g/mol. The molecular formula is C18H29ClN2. The largest absolute Gasteiger partial charge is 0.367 e. The molecule has 0 aliphatic heterocycles. The Hall–Kier alpha value is -0.730. The SMILES string of the molecule is CCC(N)Cc1ccc(N(CCC(C)C)C2CC2)c(Cl)c1. The van der Waals surface area contributed by atoms with E-state index in [1.807, 2.05) is 0 Å². The van der Waals surface area contributed by atoms with Crippen LogP contribution >= 0.6 is 11.6 Å². The summed E-state index contributed by atoms with van der Waals surface area (Å²) in [5, 5.41) is 0.881. The Bertz CT molecular complexity index is 455. The van der Waals surface area contributed by atoms with Crippen LogP contribution in [0.4, 0.5) is 5.69 Å². The standard InChI is InChI=1S/C18H29ClN2/c1-4-15(20)11-14-5-8-18(17(19)12-14)21(16-6-7-16)10-9-13(2)3/h5,8,12-13,15-16H,4,6-7,9-11,20H2,1-3H3. The van der Waals surface area contributed by atoms with Crippen LogP contribution in [0.1, 0.15) is 52.0 Å². The molecular weight excluding hydrogens is 280 g/mol. The summed E-state index contributed by atoms with van der Waals surface area (Å²) in [6.45, 7) is 7.79. The Morgan fingerprint density at radius 2 is 2.05 bits per heavy atom. The van der Waals surface area contributed by atoms with Crippen molar-refractivity contribution in [2.45, 2.75) is 65.0 Å². The fraction of sp³-hybridized carbons (Fsp3) is 0.667. The summed E-state index contributed by atoms with van der Waals surface area (Å²) >= 11 is 6.56. The highest BCUT2D eigenvalue weighted by Gasteiger charge is 2.30. The van der Waals surface area contributed by atoms with Crippen LogP contribution in [-0.4, -0.2) is 18.6 Å². The number of rotatable bonds is 8. The molecule has 1 aliphatic carbocycles. The zero-order valence-corrected chi connectivity index (χ0v) is 14.4. The number of nitrogens with zero attached hydrogens (tertiary/aromatic N) is 1. The lowest BCUT2D eigenvalue weighted by molar-refractivity contribution is 0.570. The molecule has 1 aromatic rings. The maximum absolute atomic E-state index is 6.56. The second kappa shape index (κ2) is 7.51. The minimum atomic E-state index is 0.229. The number of halogens is 1. The average molecular weight is 309 g/mol. The second-order valence-electron chi connectivity index (χ2n) is 6.77. The van der Waals surface area contributed by atoms with E-state index in [0.717, 1.165) is 30.3 Å². The van der Waals surface area contributed by atoms with Gasteiger partial charge in [-0.05, 0) is 55.7 Å². The zero-order valence-electron chi connectivity index (χ0n) is 13.6. The Kier molecular flexibility index (Phi) is 5.95. The molecule has 0 spiro atoms. The van der Waals surface area contributed by atoms with Crippen LogP contribution in [0.3, 0.4) is 0 Å². The molecule has 0 amide bonds. The zero-order chi connectivity index (χ0) is 15.4. The summed E-state index contributed by atoms with van der Waals surface area (Å²) in [7, 11) is 0. The Labute approximate surface area is 134 Å². The van der Waals surface area contributed by atoms with E-state index >= 15 is 0 Å². The van der Waals surface area contributed by atoms with Gasteiger partial charge in [-0.1, -0.05) is 38.4 Å². The van der Waals surface area contributed by atoms with E-state index in [1.165, 1.54) is 30.5 Å². The van der Waals surface area contributed by atoms with Gasteiger partial charge in [0.05, 0.1) is 10.7 Å². The molecule has 0 saturated heterocycles. The van der Waals surface area contributed by atoms with Gasteiger partial charge in [0.15, 0.2) is 0 Å². The molecule has 1 atom stereocenters. The predicted molar refractivity (Wildman–Crippen MR) is 93.2 cm³/mol. The lowest BCUT2D eigenvalue weighted by Crippen LogP contribution is -2.28. The van der Waals surface area contributed by atoms with E-state index in [4.69, 9.17) is 17.3 Å². The van der Waals surface area contributed by atoms with Gasteiger partial charge in [-0.25, -0.2) is 0 Å². The van der Waals surface area contributed by atoms with E-state index in [9.17, 15) is 0 Å². The molecule has 1 aliphatic rings. The van der Waals surface area contributed by atoms with Gasteiger partial charge in [-0.3, -0.25) is 0 Å². The minimum Gasteiger partial charge on any atom is -0.367 e. The van der Waals surface area contributed by atoms with Gasteiger partial charge < -0.3 is 10.6 Å². The fourth-order valence-electron chi connectivity index (χ4n) is 2.64. The van der Waals surface area contributed by atoms with Gasteiger partial charge in [0.25, 0.3) is 0 Å². The molecule has 1 fully saturated rings. The van der Waals surface area contributed by atoms with E-state index in [-0.39, 0.29) is 6.04 Å². The summed E-state index contributed by atoms with van der Waals surface area (Å²) in [5.74, 6) is 0.729. The molecule has 21 heavy (non-hydrogen) atoms. The van der Waals surface area contributed by atoms with Crippen LogP contribution in [0.2, 0.25) is 5.02 Å². The first kappa shape index (κ1) is 16.6. The molecule has 0 heterocycles. The number of benzene rings is 1. The van der Waals surface area contributed by atoms with Gasteiger partial charge in [0.1, 0.15) is 0 Å². The molecule has 118 valence electrons. The molecule has 1 unspecified atom stereocenters. The van der Waals surface area contributed by atoms with Crippen LogP contribution in [0.25, 0.3) is 0 Å². The third kappa shape index (κ3) is 4.89. The number of anilines is 1. The van der Waals surface area contributed by atoms with Crippen molar-refractivity contribution < 1.29 is 0 Å². The normalized spacial score (nSPS) is 16.3. The maximum Gasteiger partial charge on any atom is 0.0642 e. The minimum absolute atomic E-state index is 0.229. The van der Waals surface area contributed by atoms with Gasteiger partial charge in [-0.2, -0.15) is 0 Å². The highest BCUT2D eigenvalue weighted by atomic mass is 35.5. The quantitative estimate of drug-likeness (QED) is 0.758. The van der Waals surface area contributed by atoms with Crippen molar-refractivity contribution >= 4 is 17.3 Å². The van der Waals surface area contributed by atoms with Crippen LogP contribution in [0, 0.1) is 5.92 Å². The highest BCUT2D eigenvalue weighted by Crippen LogP contribution is 2.36. The van der Waals surface area contributed by atoms with Crippen molar-refractivity contribution in [2.24, 2.45) is 11.7 Å². The Morgan fingerprint density at radius 3 is 2.57 bits per heavy atom. The fourth-order valence-corrected chi connectivity index (χ4v) is 2.95. The van der Waals surface area contributed by atoms with Gasteiger partial charge in [0.2, 0.25) is 0 Å². The van der Waals surface area contributed by atoms with Crippen molar-refractivity contribution in [3.8, 4) is 0 Å². The molecule has 2 N–H and O–H groups in total. The molecule has 1 saturated carbocycles. The van der Waals surface area contributed by atoms with E-state index in [1.54, 1.807) is 0 Å². The number of nitrogens with two attached hydrogens (primary N) is 1. The first-order valence-electron chi connectivity index (χ1n) is 8.31. The van der Waals surface area contributed by atoms with Crippen LogP contribution in [0.15, 0.2) is 18.2 Å². The Morgan fingerprint density at radius 1 is 1.33 bits per heavy atom. The third-order valence-electron chi connectivity index (χ3n) is 4.28. The van der Waals surface area contributed by atoms with E-state index in [2.05, 4.69) is 43.9 Å². The summed E-state index contributed by atoms with van der Waals surface area (Å²) < 4.78 is 0. The van der Waals surface area contributed by atoms with Crippen molar-refractivity contribution in [3.63, 3.8) is 0 Å². The van der Waals surface area contributed by atoms with E-state index in [0.29, 0.717) is 6.04 Å². The smallest absolute Gasteiger partial charge is 0.0642 e. The average Bonchev–Trinajstić information content (AvgIpc) is 3.25. The molecule has 3 heteroatoms. The van der Waals surface area contributed by atoms with Crippen molar-refractivity contribution in [2.75, 3.05) is 11.4 Å². The topological polar surface area (TPSA) is 29.3 Å². The second-order valence-corrected chi connectivity index (χ2v) is 7.17. The number of hydrogen-bond acceptors (Lipinski definition) is 2.